The summed E-state index contributed by atoms with van der Waals surface area (Å²) < 4.78 is 0. The van der Waals surface area contributed by atoms with Crippen LogP contribution in [0.1, 0.15) is 25.8 Å². The van der Waals surface area contributed by atoms with E-state index in [1.165, 1.54) is 0 Å². The van der Waals surface area contributed by atoms with Crippen molar-refractivity contribution >= 4 is 17.7 Å². The minimum atomic E-state index is -0.893. The summed E-state index contributed by atoms with van der Waals surface area (Å²) in [6.45, 7) is 6.99. The highest BCUT2D eigenvalue weighted by atomic mass is 16.4. The van der Waals surface area contributed by atoms with Crippen molar-refractivity contribution in [3.8, 4) is 0 Å². The molecular formula is C15H22N2O3. The number of hydrogen-bond donors (Lipinski definition) is 1. The van der Waals surface area contributed by atoms with Crippen LogP contribution in [0.5, 0.6) is 0 Å². The van der Waals surface area contributed by atoms with Gasteiger partial charge in [-0.1, -0.05) is 18.2 Å². The first kappa shape index (κ1) is 16.0. The number of nitrogens with zero attached hydrogens (tertiary/aromatic N) is 2. The first-order valence-electron chi connectivity index (χ1n) is 6.85. The van der Waals surface area contributed by atoms with Crippen molar-refractivity contribution in [2.75, 3.05) is 24.5 Å². The van der Waals surface area contributed by atoms with Crippen LogP contribution >= 0.6 is 0 Å². The summed E-state index contributed by atoms with van der Waals surface area (Å²) >= 11 is 0. The minimum absolute atomic E-state index is 0.0368. The summed E-state index contributed by atoms with van der Waals surface area (Å²) in [6.07, 6.45) is -0.0368. The van der Waals surface area contributed by atoms with E-state index in [4.69, 9.17) is 5.11 Å². The Hall–Kier alpha value is -2.04. The molecule has 1 N–H and O–H groups in total. The molecule has 0 aliphatic carbocycles. The Kier molecular flexibility index (Phi) is 6.03. The maximum atomic E-state index is 12.5. The molecule has 5 nitrogen and oxygen atoms in total. The molecule has 1 aromatic rings. The number of amides is 2. The van der Waals surface area contributed by atoms with Crippen LogP contribution < -0.4 is 4.90 Å². The molecule has 0 saturated heterocycles. The van der Waals surface area contributed by atoms with Gasteiger partial charge in [0.15, 0.2) is 0 Å². The van der Waals surface area contributed by atoms with E-state index in [0.29, 0.717) is 13.1 Å². The van der Waals surface area contributed by atoms with Crippen molar-refractivity contribution in [3.05, 3.63) is 29.8 Å². The van der Waals surface area contributed by atoms with E-state index in [9.17, 15) is 9.59 Å². The Bertz CT molecular complexity index is 474. The molecule has 110 valence electrons. The quantitative estimate of drug-likeness (QED) is 0.870. The lowest BCUT2D eigenvalue weighted by Crippen LogP contribution is -2.44. The van der Waals surface area contributed by atoms with Crippen molar-refractivity contribution < 1.29 is 14.7 Å². The Morgan fingerprint density at radius 3 is 2.30 bits per heavy atom. The fourth-order valence-corrected chi connectivity index (χ4v) is 2.07. The van der Waals surface area contributed by atoms with Crippen LogP contribution in [0, 0.1) is 6.92 Å². The predicted octanol–water partition coefficient (Wildman–Crippen LogP) is 2.74. The van der Waals surface area contributed by atoms with Gasteiger partial charge in [-0.3, -0.25) is 9.69 Å². The van der Waals surface area contributed by atoms with Crippen LogP contribution in [-0.2, 0) is 4.79 Å². The number of urea groups is 1. The van der Waals surface area contributed by atoms with Crippen LogP contribution in [-0.4, -0.2) is 41.6 Å². The van der Waals surface area contributed by atoms with Crippen molar-refractivity contribution in [2.45, 2.75) is 27.2 Å². The minimum Gasteiger partial charge on any atom is -0.481 e. The van der Waals surface area contributed by atoms with Gasteiger partial charge in [-0.2, -0.15) is 0 Å². The van der Waals surface area contributed by atoms with E-state index in [0.717, 1.165) is 11.3 Å². The topological polar surface area (TPSA) is 60.9 Å². The maximum absolute atomic E-state index is 12.5. The fourth-order valence-electron chi connectivity index (χ4n) is 2.07. The first-order chi connectivity index (χ1) is 9.51. The van der Waals surface area contributed by atoms with Gasteiger partial charge in [0.25, 0.3) is 0 Å². The summed E-state index contributed by atoms with van der Waals surface area (Å²) in [7, 11) is 0. The van der Waals surface area contributed by atoms with Crippen LogP contribution in [0.4, 0.5) is 10.5 Å². The van der Waals surface area contributed by atoms with Crippen molar-refractivity contribution in [3.63, 3.8) is 0 Å². The SMILES string of the molecule is CCN(CCC(=O)O)C(=O)N(CC)c1ccccc1C. The molecule has 0 aromatic heterocycles. The number of carboxylic acid groups (broad SMARTS) is 1. The summed E-state index contributed by atoms with van der Waals surface area (Å²) in [5.41, 5.74) is 1.89. The standard InChI is InChI=1S/C15H22N2O3/c1-4-16(11-10-14(18)19)15(20)17(5-2)13-9-7-6-8-12(13)3/h6-9H,4-5,10-11H2,1-3H3,(H,18,19). The molecule has 0 atom stereocenters. The van der Waals surface area contributed by atoms with Gasteiger partial charge in [0.1, 0.15) is 0 Å². The predicted molar refractivity (Wildman–Crippen MR) is 79.1 cm³/mol. The third kappa shape index (κ3) is 3.98. The normalized spacial score (nSPS) is 10.2. The lowest BCUT2D eigenvalue weighted by atomic mass is 10.2. The van der Waals surface area contributed by atoms with E-state index in [2.05, 4.69) is 0 Å². The van der Waals surface area contributed by atoms with E-state index < -0.39 is 5.97 Å². The van der Waals surface area contributed by atoms with Crippen LogP contribution in [0.3, 0.4) is 0 Å². The second-order valence-electron chi connectivity index (χ2n) is 4.54. The van der Waals surface area contributed by atoms with Crippen LogP contribution in [0.25, 0.3) is 0 Å². The fraction of sp³-hybridized carbons (Fsp3) is 0.467. The van der Waals surface area contributed by atoms with Gasteiger partial charge < -0.3 is 10.0 Å². The molecule has 5 heteroatoms. The monoisotopic (exact) mass is 278 g/mol. The van der Waals surface area contributed by atoms with Gasteiger partial charge in [0, 0.05) is 25.3 Å². The molecule has 1 rings (SSSR count). The molecular weight excluding hydrogens is 256 g/mol. The molecule has 1 aromatic carbocycles. The number of anilines is 1. The third-order valence-corrected chi connectivity index (χ3v) is 3.20. The molecule has 0 radical (unpaired) electrons. The zero-order chi connectivity index (χ0) is 15.1. The van der Waals surface area contributed by atoms with Gasteiger partial charge in [-0.15, -0.1) is 0 Å². The molecule has 0 fully saturated rings. The lowest BCUT2D eigenvalue weighted by molar-refractivity contribution is -0.137. The van der Waals surface area contributed by atoms with Crippen molar-refractivity contribution in [1.29, 1.82) is 0 Å². The molecule has 0 aliphatic rings. The second-order valence-corrected chi connectivity index (χ2v) is 4.54. The highest BCUT2D eigenvalue weighted by Gasteiger charge is 2.21. The molecule has 0 bridgehead atoms. The van der Waals surface area contributed by atoms with E-state index in [1.807, 2.05) is 45.0 Å². The average Bonchev–Trinajstić information content (AvgIpc) is 2.42. The number of carbonyl (C=O) groups is 2. The zero-order valence-electron chi connectivity index (χ0n) is 12.3. The highest BCUT2D eigenvalue weighted by molar-refractivity contribution is 5.92. The van der Waals surface area contributed by atoms with Crippen molar-refractivity contribution in [2.24, 2.45) is 0 Å². The number of benzene rings is 1. The number of rotatable bonds is 6. The molecule has 0 heterocycles. The van der Waals surface area contributed by atoms with Crippen LogP contribution in [0.2, 0.25) is 0 Å². The zero-order valence-corrected chi connectivity index (χ0v) is 12.3. The summed E-state index contributed by atoms with van der Waals surface area (Å²) in [6, 6.07) is 7.54. The number of aryl methyl sites for hydroxylation is 1. The lowest BCUT2D eigenvalue weighted by Gasteiger charge is -2.30. The molecule has 0 saturated carbocycles. The van der Waals surface area contributed by atoms with Gasteiger partial charge in [0.2, 0.25) is 0 Å². The second kappa shape index (κ2) is 7.53. The summed E-state index contributed by atoms with van der Waals surface area (Å²) in [5, 5.41) is 8.75. The average molecular weight is 278 g/mol. The van der Waals surface area contributed by atoms with Gasteiger partial charge >= 0.3 is 12.0 Å². The van der Waals surface area contributed by atoms with Gasteiger partial charge in [-0.25, -0.2) is 4.79 Å². The first-order valence-corrected chi connectivity index (χ1v) is 6.85. The largest absolute Gasteiger partial charge is 0.481 e. The Morgan fingerprint density at radius 2 is 1.80 bits per heavy atom. The number of aliphatic carboxylic acids is 1. The van der Waals surface area contributed by atoms with E-state index >= 15 is 0 Å². The number of para-hydroxylation sites is 1. The summed E-state index contributed by atoms with van der Waals surface area (Å²) in [4.78, 5) is 26.4. The number of hydrogen-bond acceptors (Lipinski definition) is 2. The Labute approximate surface area is 119 Å². The van der Waals surface area contributed by atoms with Gasteiger partial charge in [0.05, 0.1) is 6.42 Å². The van der Waals surface area contributed by atoms with E-state index in [-0.39, 0.29) is 19.0 Å². The smallest absolute Gasteiger partial charge is 0.324 e. The van der Waals surface area contributed by atoms with Gasteiger partial charge in [-0.05, 0) is 32.4 Å². The molecule has 0 aliphatic heterocycles. The number of carboxylic acids is 1. The molecule has 0 spiro atoms. The van der Waals surface area contributed by atoms with Crippen LogP contribution in [0.15, 0.2) is 24.3 Å². The number of carbonyl (C=O) groups excluding carboxylic acids is 1. The third-order valence-electron chi connectivity index (χ3n) is 3.20. The van der Waals surface area contributed by atoms with E-state index in [1.54, 1.807) is 9.80 Å². The molecule has 2 amide bonds. The maximum Gasteiger partial charge on any atom is 0.324 e. The molecule has 20 heavy (non-hydrogen) atoms. The summed E-state index contributed by atoms with van der Waals surface area (Å²) in [5.74, 6) is -0.893. The molecule has 0 unspecified atom stereocenters. The Balaban J connectivity index is 2.90. The van der Waals surface area contributed by atoms with Crippen molar-refractivity contribution in [1.82, 2.24) is 4.90 Å². The highest BCUT2D eigenvalue weighted by Crippen LogP contribution is 2.20. The Morgan fingerprint density at radius 1 is 1.15 bits per heavy atom.